The largest absolute Gasteiger partial charge is 0.297 e. The van der Waals surface area contributed by atoms with E-state index in [0.717, 1.165) is 0 Å². The number of thioether (sulfide) groups is 1. The van der Waals surface area contributed by atoms with E-state index in [1.807, 2.05) is 25.9 Å². The highest BCUT2D eigenvalue weighted by Crippen LogP contribution is 2.19. The van der Waals surface area contributed by atoms with Gasteiger partial charge < -0.3 is 0 Å². The second-order valence-electron chi connectivity index (χ2n) is 3.15. The van der Waals surface area contributed by atoms with E-state index in [9.17, 15) is 0 Å². The zero-order valence-electron chi connectivity index (χ0n) is 9.46. The van der Waals surface area contributed by atoms with Crippen LogP contribution in [0, 0.1) is 0 Å². The van der Waals surface area contributed by atoms with Gasteiger partial charge in [-0.3, -0.25) is 9.98 Å². The van der Waals surface area contributed by atoms with Gasteiger partial charge in [-0.2, -0.15) is 0 Å². The van der Waals surface area contributed by atoms with Gasteiger partial charge >= 0.3 is 0 Å². The molecule has 3 heteroatoms. The Balaban J connectivity index is 4.14. The molecule has 0 fully saturated rings. The van der Waals surface area contributed by atoms with E-state index in [4.69, 9.17) is 0 Å². The first-order chi connectivity index (χ1) is 6.02. The first kappa shape index (κ1) is 12.7. The van der Waals surface area contributed by atoms with Crippen molar-refractivity contribution in [2.45, 2.75) is 38.2 Å². The standard InChI is InChI=1S/C10H20N2S/c1-7(11-5)9(3)13-10(4)8(2)12-6/h9-10H,1-6H3/b11-7+,12-8+. The highest BCUT2D eigenvalue weighted by molar-refractivity contribution is 8.01. The van der Waals surface area contributed by atoms with Gasteiger partial charge in [0.15, 0.2) is 0 Å². The quantitative estimate of drug-likeness (QED) is 0.640. The predicted molar refractivity (Wildman–Crippen MR) is 64.6 cm³/mol. The fraction of sp³-hybridized carbons (Fsp3) is 0.800. The normalized spacial score (nSPS) is 18.6. The van der Waals surface area contributed by atoms with E-state index in [-0.39, 0.29) is 0 Å². The molecule has 0 spiro atoms. The second kappa shape index (κ2) is 6.19. The number of hydrogen-bond donors (Lipinski definition) is 0. The van der Waals surface area contributed by atoms with Gasteiger partial charge in [0.25, 0.3) is 0 Å². The molecule has 0 aliphatic heterocycles. The first-order valence-electron chi connectivity index (χ1n) is 4.55. The lowest BCUT2D eigenvalue weighted by Crippen LogP contribution is -2.18. The van der Waals surface area contributed by atoms with Crippen molar-refractivity contribution in [1.29, 1.82) is 0 Å². The van der Waals surface area contributed by atoms with Crippen LogP contribution in [-0.2, 0) is 0 Å². The highest BCUT2D eigenvalue weighted by atomic mass is 32.2. The van der Waals surface area contributed by atoms with Crippen molar-refractivity contribution in [3.05, 3.63) is 0 Å². The molecule has 0 saturated carbocycles. The summed E-state index contributed by atoms with van der Waals surface area (Å²) in [4.78, 5) is 8.37. The van der Waals surface area contributed by atoms with Gasteiger partial charge in [-0.15, -0.1) is 11.8 Å². The van der Waals surface area contributed by atoms with Crippen LogP contribution in [0.1, 0.15) is 27.7 Å². The predicted octanol–water partition coefficient (Wildman–Crippen LogP) is 2.68. The molecule has 0 aliphatic carbocycles. The van der Waals surface area contributed by atoms with Gasteiger partial charge in [0, 0.05) is 36.0 Å². The van der Waals surface area contributed by atoms with E-state index in [1.165, 1.54) is 11.4 Å². The molecule has 0 aliphatic rings. The Bertz CT molecular complexity index is 187. The molecule has 0 rings (SSSR count). The highest BCUT2D eigenvalue weighted by Gasteiger charge is 2.12. The minimum absolute atomic E-state index is 0.483. The van der Waals surface area contributed by atoms with E-state index in [2.05, 4.69) is 37.7 Å². The van der Waals surface area contributed by atoms with Crippen LogP contribution >= 0.6 is 11.8 Å². The van der Waals surface area contributed by atoms with Gasteiger partial charge in [-0.05, 0) is 27.7 Å². The van der Waals surface area contributed by atoms with Crippen molar-refractivity contribution >= 4 is 23.2 Å². The molecule has 2 unspecified atom stereocenters. The Hall–Kier alpha value is -0.310. The molecule has 0 aromatic heterocycles. The summed E-state index contributed by atoms with van der Waals surface area (Å²) in [6.45, 7) is 8.52. The molecular formula is C10H20N2S. The minimum atomic E-state index is 0.483. The van der Waals surface area contributed by atoms with Gasteiger partial charge in [0.2, 0.25) is 0 Å². The Morgan fingerprint density at radius 1 is 0.923 bits per heavy atom. The zero-order valence-corrected chi connectivity index (χ0v) is 10.3. The van der Waals surface area contributed by atoms with Gasteiger partial charge in [0.1, 0.15) is 0 Å². The molecule has 2 nitrogen and oxygen atoms in total. The summed E-state index contributed by atoms with van der Waals surface area (Å²) < 4.78 is 0. The lowest BCUT2D eigenvalue weighted by atomic mass is 10.3. The average molecular weight is 200 g/mol. The summed E-state index contributed by atoms with van der Waals surface area (Å²) in [6, 6.07) is 0. The Morgan fingerprint density at radius 2 is 1.23 bits per heavy atom. The number of rotatable bonds is 4. The molecule has 76 valence electrons. The molecular weight excluding hydrogens is 180 g/mol. The van der Waals surface area contributed by atoms with E-state index >= 15 is 0 Å². The molecule has 0 heterocycles. The number of nitrogens with zero attached hydrogens (tertiary/aromatic N) is 2. The molecule has 0 saturated heterocycles. The van der Waals surface area contributed by atoms with Crippen LogP contribution in [0.5, 0.6) is 0 Å². The molecule has 0 amide bonds. The summed E-state index contributed by atoms with van der Waals surface area (Å²) in [5, 5.41) is 0.966. The summed E-state index contributed by atoms with van der Waals surface area (Å²) in [7, 11) is 3.69. The van der Waals surface area contributed by atoms with Crippen LogP contribution in [0.15, 0.2) is 9.98 Å². The first-order valence-corrected chi connectivity index (χ1v) is 5.49. The Morgan fingerprint density at radius 3 is 1.46 bits per heavy atom. The number of hydrogen-bond acceptors (Lipinski definition) is 3. The molecule has 2 atom stereocenters. The Kier molecular flexibility index (Phi) is 6.04. The van der Waals surface area contributed by atoms with Crippen molar-refractivity contribution in [2.24, 2.45) is 9.98 Å². The van der Waals surface area contributed by atoms with Crippen LogP contribution in [0.25, 0.3) is 0 Å². The fourth-order valence-corrected chi connectivity index (χ4v) is 2.08. The van der Waals surface area contributed by atoms with Crippen LogP contribution < -0.4 is 0 Å². The van der Waals surface area contributed by atoms with Crippen molar-refractivity contribution in [3.63, 3.8) is 0 Å². The molecule has 13 heavy (non-hydrogen) atoms. The fourth-order valence-electron chi connectivity index (χ4n) is 0.867. The van der Waals surface area contributed by atoms with Crippen molar-refractivity contribution in [3.8, 4) is 0 Å². The smallest absolute Gasteiger partial charge is 0.0401 e. The SMILES string of the molecule is C/N=C(\C)C(C)SC(C)/C(C)=N/C. The van der Waals surface area contributed by atoms with Crippen molar-refractivity contribution < 1.29 is 0 Å². The third-order valence-corrected chi connectivity index (χ3v) is 3.79. The minimum Gasteiger partial charge on any atom is -0.297 e. The summed E-state index contributed by atoms with van der Waals surface area (Å²) >= 11 is 1.90. The number of aliphatic imine (C=N–C) groups is 2. The third-order valence-electron chi connectivity index (χ3n) is 2.29. The molecule has 0 bridgehead atoms. The lowest BCUT2D eigenvalue weighted by Gasteiger charge is -2.16. The average Bonchev–Trinajstić information content (AvgIpc) is 2.14. The summed E-state index contributed by atoms with van der Waals surface area (Å²) in [6.07, 6.45) is 0. The van der Waals surface area contributed by atoms with Gasteiger partial charge in [-0.25, -0.2) is 0 Å². The van der Waals surface area contributed by atoms with Crippen molar-refractivity contribution in [2.75, 3.05) is 14.1 Å². The molecule has 0 N–H and O–H groups in total. The maximum Gasteiger partial charge on any atom is 0.0401 e. The van der Waals surface area contributed by atoms with Gasteiger partial charge in [-0.1, -0.05) is 0 Å². The summed E-state index contributed by atoms with van der Waals surface area (Å²) in [5.74, 6) is 0. The topological polar surface area (TPSA) is 24.7 Å². The van der Waals surface area contributed by atoms with Crippen LogP contribution in [0.2, 0.25) is 0 Å². The van der Waals surface area contributed by atoms with Crippen molar-refractivity contribution in [1.82, 2.24) is 0 Å². The maximum atomic E-state index is 4.18. The molecule has 0 radical (unpaired) electrons. The second-order valence-corrected chi connectivity index (χ2v) is 4.84. The lowest BCUT2D eigenvalue weighted by molar-refractivity contribution is 1.20. The Labute approximate surface area is 85.9 Å². The van der Waals surface area contributed by atoms with Crippen LogP contribution in [0.3, 0.4) is 0 Å². The van der Waals surface area contributed by atoms with E-state index in [0.29, 0.717) is 10.5 Å². The monoisotopic (exact) mass is 200 g/mol. The maximum absolute atomic E-state index is 4.18. The van der Waals surface area contributed by atoms with Crippen LogP contribution in [0.4, 0.5) is 0 Å². The van der Waals surface area contributed by atoms with Gasteiger partial charge in [0.05, 0.1) is 0 Å². The van der Waals surface area contributed by atoms with Crippen LogP contribution in [-0.4, -0.2) is 36.0 Å². The third kappa shape index (κ3) is 4.46. The molecule has 0 aromatic carbocycles. The van der Waals surface area contributed by atoms with E-state index < -0.39 is 0 Å². The summed E-state index contributed by atoms with van der Waals surface area (Å²) in [5.41, 5.74) is 2.39. The molecule has 0 aromatic rings. The van der Waals surface area contributed by atoms with E-state index in [1.54, 1.807) is 0 Å². The zero-order chi connectivity index (χ0) is 10.4.